The molecule has 1 amide bonds. The molecule has 0 aliphatic rings. The van der Waals surface area contributed by atoms with Crippen molar-refractivity contribution in [3.05, 3.63) is 58.1 Å². The number of amides is 1. The van der Waals surface area contributed by atoms with Crippen molar-refractivity contribution in [2.45, 2.75) is 20.0 Å². The molecule has 2 aromatic carbocycles. The third-order valence-corrected chi connectivity index (χ3v) is 3.95. The van der Waals surface area contributed by atoms with Gasteiger partial charge in [-0.15, -0.1) is 0 Å². The molecule has 0 heterocycles. The van der Waals surface area contributed by atoms with Gasteiger partial charge in [-0.3, -0.25) is 19.7 Å². The Bertz CT molecular complexity index is 956. The largest absolute Gasteiger partial charge is 0.495 e. The molecular weight excluding hydrogens is 396 g/mol. The highest BCUT2D eigenvalue weighted by atomic mass is 16.6. The van der Waals surface area contributed by atoms with E-state index in [-0.39, 0.29) is 22.9 Å². The summed E-state index contributed by atoms with van der Waals surface area (Å²) in [5, 5.41) is 13.3. The number of esters is 1. The number of nitro groups is 1. The van der Waals surface area contributed by atoms with Crippen LogP contribution in [0.25, 0.3) is 0 Å². The number of methoxy groups -OCH3 is 1. The maximum Gasteiger partial charge on any atom is 0.344 e. The summed E-state index contributed by atoms with van der Waals surface area (Å²) in [6.07, 6.45) is -1.19. The number of Topliss-reactive ketones (excluding diaryl/α,β-unsaturated/α-hetero) is 1. The second kappa shape index (κ2) is 10.0. The maximum atomic E-state index is 12.3. The van der Waals surface area contributed by atoms with Gasteiger partial charge in [0.1, 0.15) is 11.5 Å². The molecule has 0 saturated carbocycles. The number of hydrogen-bond acceptors (Lipinski definition) is 8. The van der Waals surface area contributed by atoms with E-state index >= 15 is 0 Å². The average Bonchev–Trinajstić information content (AvgIpc) is 2.72. The van der Waals surface area contributed by atoms with Gasteiger partial charge in [-0.25, -0.2) is 4.79 Å². The van der Waals surface area contributed by atoms with Gasteiger partial charge in [0.25, 0.3) is 11.6 Å². The van der Waals surface area contributed by atoms with Crippen molar-refractivity contribution in [1.29, 1.82) is 0 Å². The van der Waals surface area contributed by atoms with Crippen LogP contribution in [0.1, 0.15) is 24.2 Å². The first-order chi connectivity index (χ1) is 14.2. The Morgan fingerprint density at radius 1 is 1.13 bits per heavy atom. The number of ketones is 1. The van der Waals surface area contributed by atoms with Crippen LogP contribution in [-0.4, -0.2) is 42.4 Å². The highest BCUT2D eigenvalue weighted by Gasteiger charge is 2.21. The fourth-order valence-corrected chi connectivity index (χ4v) is 2.35. The summed E-state index contributed by atoms with van der Waals surface area (Å²) in [5.74, 6) is -1.02. The minimum absolute atomic E-state index is 0.0708. The van der Waals surface area contributed by atoms with Gasteiger partial charge in [-0.1, -0.05) is 0 Å². The number of carbonyl (C=O) groups is 3. The summed E-state index contributed by atoms with van der Waals surface area (Å²) >= 11 is 0. The molecule has 1 N–H and O–H groups in total. The van der Waals surface area contributed by atoms with E-state index in [4.69, 9.17) is 14.2 Å². The SMILES string of the molecule is COc1ccc([N+](=O)[O-])cc1NC(=O)[C@@H](C)OC(=O)COc1ccc(C(C)=O)cc1. The predicted molar refractivity (Wildman–Crippen MR) is 106 cm³/mol. The van der Waals surface area contributed by atoms with Crippen LogP contribution in [0.15, 0.2) is 42.5 Å². The number of ether oxygens (including phenoxy) is 3. The van der Waals surface area contributed by atoms with E-state index in [9.17, 15) is 24.5 Å². The van der Waals surface area contributed by atoms with E-state index < -0.39 is 29.5 Å². The third-order valence-electron chi connectivity index (χ3n) is 3.95. The van der Waals surface area contributed by atoms with E-state index in [0.717, 1.165) is 6.07 Å². The molecule has 10 nitrogen and oxygen atoms in total. The van der Waals surface area contributed by atoms with Gasteiger partial charge < -0.3 is 19.5 Å². The molecule has 0 bridgehead atoms. The summed E-state index contributed by atoms with van der Waals surface area (Å²) in [6.45, 7) is 2.33. The lowest BCUT2D eigenvalue weighted by Gasteiger charge is -2.15. The first-order valence-corrected chi connectivity index (χ1v) is 8.78. The molecule has 0 saturated heterocycles. The van der Waals surface area contributed by atoms with Crippen molar-refractivity contribution in [3.63, 3.8) is 0 Å². The van der Waals surface area contributed by atoms with Crippen LogP contribution >= 0.6 is 0 Å². The van der Waals surface area contributed by atoms with Crippen LogP contribution in [0.2, 0.25) is 0 Å². The zero-order chi connectivity index (χ0) is 22.3. The quantitative estimate of drug-likeness (QED) is 0.285. The topological polar surface area (TPSA) is 134 Å². The second-order valence-corrected chi connectivity index (χ2v) is 6.13. The number of anilines is 1. The molecule has 1 atom stereocenters. The van der Waals surface area contributed by atoms with Crippen LogP contribution in [0.3, 0.4) is 0 Å². The van der Waals surface area contributed by atoms with E-state index in [2.05, 4.69) is 5.32 Å². The Morgan fingerprint density at radius 3 is 2.37 bits per heavy atom. The molecule has 0 aliphatic carbocycles. The lowest BCUT2D eigenvalue weighted by Crippen LogP contribution is -2.31. The Kier molecular flexibility index (Phi) is 7.45. The van der Waals surface area contributed by atoms with E-state index in [1.807, 2.05) is 0 Å². The number of non-ortho nitro benzene ring substituents is 1. The van der Waals surface area contributed by atoms with Crippen LogP contribution in [0.4, 0.5) is 11.4 Å². The summed E-state index contributed by atoms with van der Waals surface area (Å²) in [7, 11) is 1.35. The zero-order valence-electron chi connectivity index (χ0n) is 16.5. The molecule has 0 spiro atoms. The maximum absolute atomic E-state index is 12.3. The van der Waals surface area contributed by atoms with Crippen molar-refractivity contribution in [1.82, 2.24) is 0 Å². The summed E-state index contributed by atoms with van der Waals surface area (Å²) in [5.41, 5.74) is 0.341. The lowest BCUT2D eigenvalue weighted by molar-refractivity contribution is -0.384. The van der Waals surface area contributed by atoms with Crippen molar-refractivity contribution in [3.8, 4) is 11.5 Å². The fourth-order valence-electron chi connectivity index (χ4n) is 2.35. The molecule has 158 valence electrons. The number of nitro benzene ring substituents is 1. The zero-order valence-corrected chi connectivity index (χ0v) is 16.5. The Balaban J connectivity index is 1.92. The molecule has 0 unspecified atom stereocenters. The average molecular weight is 416 g/mol. The summed E-state index contributed by atoms with van der Waals surface area (Å²) < 4.78 is 15.3. The Morgan fingerprint density at radius 2 is 1.80 bits per heavy atom. The molecule has 2 aromatic rings. The van der Waals surface area contributed by atoms with Gasteiger partial charge in [0.05, 0.1) is 17.7 Å². The van der Waals surface area contributed by atoms with Gasteiger partial charge in [-0.2, -0.15) is 0 Å². The Labute approximate surface area is 171 Å². The van der Waals surface area contributed by atoms with Crippen LogP contribution < -0.4 is 14.8 Å². The molecular formula is C20H20N2O8. The lowest BCUT2D eigenvalue weighted by atomic mass is 10.1. The number of rotatable bonds is 9. The molecule has 10 heteroatoms. The first-order valence-electron chi connectivity index (χ1n) is 8.78. The second-order valence-electron chi connectivity index (χ2n) is 6.13. The van der Waals surface area contributed by atoms with Gasteiger partial charge in [-0.05, 0) is 44.2 Å². The predicted octanol–water partition coefficient (Wildman–Crippen LogP) is 2.76. The van der Waals surface area contributed by atoms with Crippen molar-refractivity contribution >= 4 is 29.0 Å². The number of nitrogens with zero attached hydrogens (tertiary/aromatic N) is 1. The highest BCUT2D eigenvalue weighted by Crippen LogP contribution is 2.29. The standard InChI is InChI=1S/C20H20N2O8/c1-12(23)14-4-7-16(8-5-14)29-11-19(24)30-13(2)20(25)21-17-10-15(22(26)27)6-9-18(17)28-3/h4-10,13H,11H2,1-3H3,(H,21,25)/t13-/m1/s1. The highest BCUT2D eigenvalue weighted by molar-refractivity contribution is 5.96. The van der Waals surface area contributed by atoms with Crippen molar-refractivity contribution in [2.75, 3.05) is 19.0 Å². The van der Waals surface area contributed by atoms with Crippen molar-refractivity contribution < 1.29 is 33.5 Å². The number of hydrogen-bond donors (Lipinski definition) is 1. The molecule has 0 fully saturated rings. The molecule has 0 aromatic heterocycles. The van der Waals surface area contributed by atoms with Crippen LogP contribution in [0, 0.1) is 10.1 Å². The fraction of sp³-hybridized carbons (Fsp3) is 0.250. The Hall–Kier alpha value is -3.95. The normalized spacial score (nSPS) is 11.2. The van der Waals surface area contributed by atoms with Crippen molar-refractivity contribution in [2.24, 2.45) is 0 Å². The smallest absolute Gasteiger partial charge is 0.344 e. The van der Waals surface area contributed by atoms with E-state index in [1.165, 1.54) is 45.2 Å². The molecule has 30 heavy (non-hydrogen) atoms. The molecule has 0 radical (unpaired) electrons. The monoisotopic (exact) mass is 416 g/mol. The number of benzene rings is 2. The van der Waals surface area contributed by atoms with Gasteiger partial charge in [0, 0.05) is 17.7 Å². The number of carbonyl (C=O) groups excluding carboxylic acids is 3. The van der Waals surface area contributed by atoms with Gasteiger partial charge in [0.15, 0.2) is 18.5 Å². The summed E-state index contributed by atoms with van der Waals surface area (Å²) in [4.78, 5) is 45.8. The molecule has 0 aliphatic heterocycles. The first kappa shape index (κ1) is 22.3. The minimum Gasteiger partial charge on any atom is -0.495 e. The van der Waals surface area contributed by atoms with E-state index in [0.29, 0.717) is 11.3 Å². The van der Waals surface area contributed by atoms with Gasteiger partial charge >= 0.3 is 5.97 Å². The third kappa shape index (κ3) is 6.03. The molecule has 2 rings (SSSR count). The minimum atomic E-state index is -1.19. The van der Waals surface area contributed by atoms with Crippen LogP contribution in [-0.2, 0) is 14.3 Å². The summed E-state index contributed by atoms with van der Waals surface area (Å²) in [6, 6.07) is 9.91. The number of nitrogens with one attached hydrogen (secondary N) is 1. The van der Waals surface area contributed by atoms with Gasteiger partial charge in [0.2, 0.25) is 0 Å². The van der Waals surface area contributed by atoms with E-state index in [1.54, 1.807) is 12.1 Å². The van der Waals surface area contributed by atoms with Crippen LogP contribution in [0.5, 0.6) is 11.5 Å².